The van der Waals surface area contributed by atoms with Gasteiger partial charge in [-0.25, -0.2) is 0 Å². The van der Waals surface area contributed by atoms with E-state index in [-0.39, 0.29) is 43.8 Å². The second kappa shape index (κ2) is 8.14. The minimum atomic E-state index is -0.322. The molecule has 29 heavy (non-hydrogen) atoms. The van der Waals surface area contributed by atoms with E-state index in [4.69, 9.17) is 4.74 Å². The molecule has 1 heterocycles. The smallest absolute Gasteiger partial charge is 0.261 e. The molecule has 6 nitrogen and oxygen atoms in total. The van der Waals surface area contributed by atoms with Gasteiger partial charge in [-0.3, -0.25) is 19.3 Å². The van der Waals surface area contributed by atoms with E-state index in [2.05, 4.69) is 5.32 Å². The highest BCUT2D eigenvalue weighted by Crippen LogP contribution is 2.27. The van der Waals surface area contributed by atoms with Gasteiger partial charge in [-0.1, -0.05) is 42.5 Å². The zero-order chi connectivity index (χ0) is 20.2. The van der Waals surface area contributed by atoms with Gasteiger partial charge in [0, 0.05) is 13.1 Å². The Balaban J connectivity index is 1.29. The Morgan fingerprint density at radius 1 is 0.862 bits per heavy atom. The lowest BCUT2D eigenvalue weighted by Gasteiger charge is -2.14. The number of hydrogen-bond acceptors (Lipinski definition) is 4. The summed E-state index contributed by atoms with van der Waals surface area (Å²) in [6.45, 7) is 0.596. The molecule has 0 fully saturated rings. The van der Waals surface area contributed by atoms with Crippen LogP contribution in [-0.4, -0.2) is 42.3 Å². The predicted molar refractivity (Wildman–Crippen MR) is 109 cm³/mol. The zero-order valence-corrected chi connectivity index (χ0v) is 15.8. The van der Waals surface area contributed by atoms with Crippen molar-refractivity contribution >= 4 is 28.5 Å². The minimum Gasteiger partial charge on any atom is -0.493 e. The molecule has 1 N–H and O–H groups in total. The molecule has 6 heteroatoms. The molecule has 3 amide bonds. The van der Waals surface area contributed by atoms with Crippen molar-refractivity contribution in [2.24, 2.45) is 0 Å². The molecule has 0 unspecified atom stereocenters. The topological polar surface area (TPSA) is 75.7 Å². The SMILES string of the molecule is O=C(CCOc1ccccc1)NCCN1C(=O)c2cc3ccccc3cc2C1=O. The van der Waals surface area contributed by atoms with Crippen LogP contribution in [0.25, 0.3) is 10.8 Å². The van der Waals surface area contributed by atoms with Gasteiger partial charge in [-0.05, 0) is 35.0 Å². The van der Waals surface area contributed by atoms with Crippen molar-refractivity contribution in [3.05, 3.63) is 77.9 Å². The van der Waals surface area contributed by atoms with Crippen molar-refractivity contribution in [2.45, 2.75) is 6.42 Å². The van der Waals surface area contributed by atoms with Gasteiger partial charge in [0.1, 0.15) is 5.75 Å². The van der Waals surface area contributed by atoms with Crippen molar-refractivity contribution in [1.29, 1.82) is 0 Å². The summed E-state index contributed by atoms with van der Waals surface area (Å²) in [5, 5.41) is 4.57. The molecule has 146 valence electrons. The maximum absolute atomic E-state index is 12.6. The van der Waals surface area contributed by atoms with E-state index in [1.165, 1.54) is 4.90 Å². The molecule has 0 aromatic heterocycles. The van der Waals surface area contributed by atoms with Crippen molar-refractivity contribution in [1.82, 2.24) is 10.2 Å². The van der Waals surface area contributed by atoms with Gasteiger partial charge in [-0.2, -0.15) is 0 Å². The Morgan fingerprint density at radius 2 is 1.45 bits per heavy atom. The number of fused-ring (bicyclic) bond motifs is 2. The number of nitrogens with one attached hydrogen (secondary N) is 1. The number of hydrogen-bond donors (Lipinski definition) is 1. The number of para-hydroxylation sites is 1. The molecule has 1 aliphatic rings. The highest BCUT2D eigenvalue weighted by atomic mass is 16.5. The number of rotatable bonds is 7. The fraction of sp³-hybridized carbons (Fsp3) is 0.174. The molecular formula is C23H20N2O4. The van der Waals surface area contributed by atoms with Crippen molar-refractivity contribution < 1.29 is 19.1 Å². The second-order valence-electron chi connectivity index (χ2n) is 6.77. The number of nitrogens with zero attached hydrogens (tertiary/aromatic N) is 1. The van der Waals surface area contributed by atoms with Gasteiger partial charge >= 0.3 is 0 Å². The summed E-state index contributed by atoms with van der Waals surface area (Å²) in [6, 6.07) is 20.4. The lowest BCUT2D eigenvalue weighted by molar-refractivity contribution is -0.121. The van der Waals surface area contributed by atoms with Crippen LogP contribution in [0.1, 0.15) is 27.1 Å². The summed E-state index contributed by atoms with van der Waals surface area (Å²) in [4.78, 5) is 38.4. The lowest BCUT2D eigenvalue weighted by Crippen LogP contribution is -2.38. The Labute approximate surface area is 168 Å². The van der Waals surface area contributed by atoms with Crippen LogP contribution in [0.3, 0.4) is 0 Å². The average Bonchev–Trinajstić information content (AvgIpc) is 2.97. The zero-order valence-electron chi connectivity index (χ0n) is 15.8. The van der Waals surface area contributed by atoms with E-state index in [1.54, 1.807) is 12.1 Å². The first-order chi connectivity index (χ1) is 14.1. The number of carbonyl (C=O) groups is 3. The summed E-state index contributed by atoms with van der Waals surface area (Å²) in [5.74, 6) is -0.128. The third-order valence-electron chi connectivity index (χ3n) is 4.84. The first kappa shape index (κ1) is 18.7. The standard InChI is InChI=1S/C23H20N2O4/c26-21(10-13-29-18-8-2-1-3-9-18)24-11-12-25-22(27)19-14-16-6-4-5-7-17(16)15-20(19)23(25)28/h1-9,14-15H,10-13H2,(H,24,26). The Hall–Kier alpha value is -3.67. The van der Waals surface area contributed by atoms with Crippen molar-refractivity contribution in [3.8, 4) is 5.75 Å². The summed E-state index contributed by atoms with van der Waals surface area (Å²) < 4.78 is 5.49. The summed E-state index contributed by atoms with van der Waals surface area (Å²) in [6.07, 6.45) is 0.197. The van der Waals surface area contributed by atoms with Gasteiger partial charge in [-0.15, -0.1) is 0 Å². The number of ether oxygens (including phenoxy) is 1. The van der Waals surface area contributed by atoms with Crippen molar-refractivity contribution in [3.63, 3.8) is 0 Å². The van der Waals surface area contributed by atoms with Crippen LogP contribution in [-0.2, 0) is 4.79 Å². The molecule has 3 aromatic rings. The molecule has 0 aliphatic carbocycles. The average molecular weight is 388 g/mol. The number of imide groups is 1. The van der Waals surface area contributed by atoms with Gasteiger partial charge < -0.3 is 10.1 Å². The van der Waals surface area contributed by atoms with E-state index < -0.39 is 0 Å². The number of amides is 3. The van der Waals surface area contributed by atoms with Crippen LogP contribution in [0.4, 0.5) is 0 Å². The van der Waals surface area contributed by atoms with Gasteiger partial charge in [0.25, 0.3) is 11.8 Å². The molecule has 0 saturated heterocycles. The second-order valence-corrected chi connectivity index (χ2v) is 6.77. The van der Waals surface area contributed by atoms with Crippen LogP contribution >= 0.6 is 0 Å². The molecule has 1 aliphatic heterocycles. The fourth-order valence-corrected chi connectivity index (χ4v) is 3.35. The fourth-order valence-electron chi connectivity index (χ4n) is 3.35. The first-order valence-corrected chi connectivity index (χ1v) is 9.47. The number of benzene rings is 3. The van der Waals surface area contributed by atoms with Gasteiger partial charge in [0.05, 0.1) is 24.2 Å². The van der Waals surface area contributed by atoms with E-state index in [9.17, 15) is 14.4 Å². The van der Waals surface area contributed by atoms with Crippen LogP contribution in [0, 0.1) is 0 Å². The first-order valence-electron chi connectivity index (χ1n) is 9.47. The lowest BCUT2D eigenvalue weighted by atomic mass is 10.0. The Kier molecular flexibility index (Phi) is 5.24. The van der Waals surface area contributed by atoms with Gasteiger partial charge in [0.15, 0.2) is 0 Å². The largest absolute Gasteiger partial charge is 0.493 e. The third kappa shape index (κ3) is 3.96. The Bertz CT molecular complexity index is 1020. The third-order valence-corrected chi connectivity index (χ3v) is 4.84. The van der Waals surface area contributed by atoms with Crippen LogP contribution in [0.5, 0.6) is 5.75 Å². The van der Waals surface area contributed by atoms with E-state index in [0.717, 1.165) is 10.8 Å². The summed E-state index contributed by atoms with van der Waals surface area (Å²) >= 11 is 0. The molecule has 0 saturated carbocycles. The highest BCUT2D eigenvalue weighted by Gasteiger charge is 2.35. The van der Waals surface area contributed by atoms with E-state index in [0.29, 0.717) is 16.9 Å². The van der Waals surface area contributed by atoms with Crippen LogP contribution in [0.15, 0.2) is 66.7 Å². The number of carbonyl (C=O) groups excluding carboxylic acids is 3. The minimum absolute atomic E-state index is 0.133. The summed E-state index contributed by atoms with van der Waals surface area (Å²) in [5.41, 5.74) is 0.826. The highest BCUT2D eigenvalue weighted by molar-refractivity contribution is 6.23. The molecule has 4 rings (SSSR count). The molecule has 0 bridgehead atoms. The van der Waals surface area contributed by atoms with E-state index in [1.807, 2.05) is 54.6 Å². The van der Waals surface area contributed by atoms with Crippen LogP contribution in [0.2, 0.25) is 0 Å². The molecule has 0 radical (unpaired) electrons. The normalized spacial score (nSPS) is 12.9. The summed E-state index contributed by atoms with van der Waals surface area (Å²) in [7, 11) is 0. The maximum Gasteiger partial charge on any atom is 0.261 e. The maximum atomic E-state index is 12.6. The van der Waals surface area contributed by atoms with E-state index >= 15 is 0 Å². The molecule has 3 aromatic carbocycles. The van der Waals surface area contributed by atoms with Crippen molar-refractivity contribution in [2.75, 3.05) is 19.7 Å². The van der Waals surface area contributed by atoms with Gasteiger partial charge in [0.2, 0.25) is 5.91 Å². The monoisotopic (exact) mass is 388 g/mol. The molecular weight excluding hydrogens is 368 g/mol. The molecule has 0 atom stereocenters. The van der Waals surface area contributed by atoms with Crippen LogP contribution < -0.4 is 10.1 Å². The quantitative estimate of drug-likeness (QED) is 0.632. The predicted octanol–water partition coefficient (Wildman–Crippen LogP) is 3.02. The Morgan fingerprint density at radius 3 is 2.07 bits per heavy atom. The molecule has 0 spiro atoms.